The molecule has 7 heteroatoms. The summed E-state index contributed by atoms with van der Waals surface area (Å²) in [6.07, 6.45) is 0. The first-order chi connectivity index (χ1) is 9.99. The van der Waals surface area contributed by atoms with Crippen LogP contribution in [0.4, 0.5) is 0 Å². The van der Waals surface area contributed by atoms with Crippen LogP contribution >= 0.6 is 11.8 Å². The third kappa shape index (κ3) is 7.36. The van der Waals surface area contributed by atoms with E-state index in [2.05, 4.69) is 16.2 Å². The van der Waals surface area contributed by atoms with E-state index in [0.29, 0.717) is 5.75 Å². The molecule has 0 heterocycles. The predicted octanol–water partition coefficient (Wildman–Crippen LogP) is 0.592. The van der Waals surface area contributed by atoms with Crippen LogP contribution in [0.1, 0.15) is 19.4 Å². The molecule has 0 aromatic heterocycles. The molecule has 0 fully saturated rings. The number of nitrogens with one attached hydrogen (secondary N) is 3. The SMILES string of the molecule is CC(C)NC(=O)C(=O)NNC(=O)CSCc1ccccc1. The van der Waals surface area contributed by atoms with Crippen LogP contribution in [-0.2, 0) is 20.1 Å². The maximum Gasteiger partial charge on any atom is 0.327 e. The molecule has 0 spiro atoms. The van der Waals surface area contributed by atoms with Crippen LogP contribution in [-0.4, -0.2) is 29.5 Å². The normalized spacial score (nSPS) is 10.0. The average Bonchev–Trinajstić information content (AvgIpc) is 2.45. The highest BCUT2D eigenvalue weighted by Crippen LogP contribution is 2.10. The molecule has 0 unspecified atom stereocenters. The Morgan fingerprint density at radius 1 is 1.05 bits per heavy atom. The molecule has 0 aliphatic heterocycles. The van der Waals surface area contributed by atoms with Gasteiger partial charge in [0.05, 0.1) is 5.75 Å². The molecular weight excluding hydrogens is 290 g/mol. The van der Waals surface area contributed by atoms with Gasteiger partial charge in [-0.3, -0.25) is 25.2 Å². The van der Waals surface area contributed by atoms with E-state index in [-0.39, 0.29) is 17.7 Å². The molecule has 1 aromatic rings. The number of hydrazine groups is 1. The Morgan fingerprint density at radius 2 is 1.71 bits per heavy atom. The molecule has 0 aliphatic carbocycles. The summed E-state index contributed by atoms with van der Waals surface area (Å²) in [6.45, 7) is 3.48. The first kappa shape index (κ1) is 17.0. The van der Waals surface area contributed by atoms with Gasteiger partial charge < -0.3 is 5.32 Å². The Morgan fingerprint density at radius 3 is 2.33 bits per heavy atom. The minimum atomic E-state index is -0.884. The molecule has 0 saturated heterocycles. The van der Waals surface area contributed by atoms with Gasteiger partial charge in [0.15, 0.2) is 0 Å². The largest absolute Gasteiger partial charge is 0.346 e. The number of benzene rings is 1. The van der Waals surface area contributed by atoms with E-state index in [4.69, 9.17) is 0 Å². The number of thioether (sulfide) groups is 1. The summed E-state index contributed by atoms with van der Waals surface area (Å²) >= 11 is 1.42. The van der Waals surface area contributed by atoms with Crippen LogP contribution in [0.25, 0.3) is 0 Å². The maximum atomic E-state index is 11.5. The fraction of sp³-hybridized carbons (Fsp3) is 0.357. The summed E-state index contributed by atoms with van der Waals surface area (Å²) in [4.78, 5) is 34.1. The van der Waals surface area contributed by atoms with Gasteiger partial charge in [-0.15, -0.1) is 11.8 Å². The third-order valence-electron chi connectivity index (χ3n) is 2.29. The van der Waals surface area contributed by atoms with E-state index in [1.165, 1.54) is 11.8 Å². The zero-order chi connectivity index (χ0) is 15.7. The van der Waals surface area contributed by atoms with E-state index in [1.54, 1.807) is 13.8 Å². The molecule has 0 aliphatic rings. The number of carbonyl (C=O) groups excluding carboxylic acids is 3. The van der Waals surface area contributed by atoms with Gasteiger partial charge in [0.25, 0.3) is 0 Å². The Hall–Kier alpha value is -2.02. The summed E-state index contributed by atoms with van der Waals surface area (Å²) < 4.78 is 0. The molecule has 114 valence electrons. The molecule has 6 nitrogen and oxygen atoms in total. The van der Waals surface area contributed by atoms with Crippen molar-refractivity contribution in [1.29, 1.82) is 0 Å². The number of hydrogen-bond acceptors (Lipinski definition) is 4. The van der Waals surface area contributed by atoms with Gasteiger partial charge in [-0.2, -0.15) is 0 Å². The summed E-state index contributed by atoms with van der Waals surface area (Å²) in [6, 6.07) is 9.61. The first-order valence-corrected chi connectivity index (χ1v) is 7.66. The number of hydrogen-bond donors (Lipinski definition) is 3. The lowest BCUT2D eigenvalue weighted by Crippen LogP contribution is -2.50. The minimum Gasteiger partial charge on any atom is -0.346 e. The van der Waals surface area contributed by atoms with Crippen molar-refractivity contribution in [3.63, 3.8) is 0 Å². The topological polar surface area (TPSA) is 87.3 Å². The molecule has 3 amide bonds. The van der Waals surface area contributed by atoms with Gasteiger partial charge in [-0.25, -0.2) is 0 Å². The van der Waals surface area contributed by atoms with Crippen molar-refractivity contribution in [2.75, 3.05) is 5.75 Å². The van der Waals surface area contributed by atoms with Crippen molar-refractivity contribution in [3.8, 4) is 0 Å². The Balaban J connectivity index is 2.19. The van der Waals surface area contributed by atoms with Crippen LogP contribution in [0.3, 0.4) is 0 Å². The Kier molecular flexibility index (Phi) is 7.31. The molecule has 1 rings (SSSR count). The van der Waals surface area contributed by atoms with E-state index in [1.807, 2.05) is 30.3 Å². The second-order valence-corrected chi connectivity index (χ2v) is 5.59. The summed E-state index contributed by atoms with van der Waals surface area (Å²) in [5.41, 5.74) is 5.40. The third-order valence-corrected chi connectivity index (χ3v) is 3.29. The van der Waals surface area contributed by atoms with Crippen LogP contribution in [0.15, 0.2) is 30.3 Å². The average molecular weight is 309 g/mol. The molecule has 0 bridgehead atoms. The summed E-state index contributed by atoms with van der Waals surface area (Å²) in [7, 11) is 0. The molecule has 0 atom stereocenters. The second kappa shape index (κ2) is 9.02. The molecular formula is C14H19N3O3S. The van der Waals surface area contributed by atoms with Crippen LogP contribution in [0, 0.1) is 0 Å². The van der Waals surface area contributed by atoms with Gasteiger partial charge in [-0.1, -0.05) is 30.3 Å². The van der Waals surface area contributed by atoms with E-state index in [9.17, 15) is 14.4 Å². The lowest BCUT2D eigenvalue weighted by Gasteiger charge is -2.09. The Labute approximate surface area is 128 Å². The van der Waals surface area contributed by atoms with Gasteiger partial charge in [0.2, 0.25) is 5.91 Å². The number of rotatable bonds is 5. The second-order valence-electron chi connectivity index (χ2n) is 4.61. The lowest BCUT2D eigenvalue weighted by atomic mass is 10.2. The quantitative estimate of drug-likeness (QED) is 0.549. The first-order valence-electron chi connectivity index (χ1n) is 6.50. The predicted molar refractivity (Wildman–Crippen MR) is 82.2 cm³/mol. The molecule has 0 radical (unpaired) electrons. The van der Waals surface area contributed by atoms with E-state index in [0.717, 1.165) is 5.56 Å². The van der Waals surface area contributed by atoms with Crippen molar-refractivity contribution in [2.24, 2.45) is 0 Å². The maximum absolute atomic E-state index is 11.5. The van der Waals surface area contributed by atoms with Gasteiger partial charge >= 0.3 is 11.8 Å². The summed E-state index contributed by atoms with van der Waals surface area (Å²) in [5.74, 6) is -1.12. The van der Waals surface area contributed by atoms with E-state index < -0.39 is 11.8 Å². The molecule has 1 aromatic carbocycles. The fourth-order valence-electron chi connectivity index (χ4n) is 1.38. The fourth-order valence-corrected chi connectivity index (χ4v) is 2.17. The van der Waals surface area contributed by atoms with E-state index >= 15 is 0 Å². The summed E-state index contributed by atoms with van der Waals surface area (Å²) in [5, 5.41) is 2.42. The van der Waals surface area contributed by atoms with Crippen molar-refractivity contribution in [1.82, 2.24) is 16.2 Å². The van der Waals surface area contributed by atoms with Crippen molar-refractivity contribution >= 4 is 29.5 Å². The van der Waals surface area contributed by atoms with Crippen molar-refractivity contribution in [2.45, 2.75) is 25.6 Å². The molecule has 21 heavy (non-hydrogen) atoms. The highest BCUT2D eigenvalue weighted by Gasteiger charge is 2.14. The smallest absolute Gasteiger partial charge is 0.327 e. The molecule has 3 N–H and O–H groups in total. The Bertz CT molecular complexity index is 491. The minimum absolute atomic E-state index is 0.139. The molecule has 0 saturated carbocycles. The zero-order valence-electron chi connectivity index (χ0n) is 12.0. The van der Waals surface area contributed by atoms with Crippen LogP contribution in [0.5, 0.6) is 0 Å². The van der Waals surface area contributed by atoms with Crippen molar-refractivity contribution in [3.05, 3.63) is 35.9 Å². The highest BCUT2D eigenvalue weighted by molar-refractivity contribution is 7.99. The lowest BCUT2D eigenvalue weighted by molar-refractivity contribution is -0.141. The monoisotopic (exact) mass is 309 g/mol. The van der Waals surface area contributed by atoms with Gasteiger partial charge in [-0.05, 0) is 19.4 Å². The van der Waals surface area contributed by atoms with Gasteiger partial charge in [0, 0.05) is 11.8 Å². The number of carbonyl (C=O) groups is 3. The van der Waals surface area contributed by atoms with Crippen LogP contribution in [0.2, 0.25) is 0 Å². The number of amides is 3. The van der Waals surface area contributed by atoms with Gasteiger partial charge in [0.1, 0.15) is 0 Å². The van der Waals surface area contributed by atoms with Crippen LogP contribution < -0.4 is 16.2 Å². The zero-order valence-corrected chi connectivity index (χ0v) is 12.8. The standard InChI is InChI=1S/C14H19N3O3S/c1-10(2)15-13(19)14(20)17-16-12(18)9-21-8-11-6-4-3-5-7-11/h3-7,10H,8-9H2,1-2H3,(H,15,19)(H,16,18)(H,17,20). The highest BCUT2D eigenvalue weighted by atomic mass is 32.2. The van der Waals surface area contributed by atoms with Crippen molar-refractivity contribution < 1.29 is 14.4 Å².